The minimum atomic E-state index is -1.55. The second-order valence-corrected chi connectivity index (χ2v) is 8.87. The summed E-state index contributed by atoms with van der Waals surface area (Å²) in [4.78, 5) is 23.1. The molecule has 3 aliphatic rings. The Kier molecular flexibility index (Phi) is 5.09. The molecule has 0 unspecified atom stereocenters. The van der Waals surface area contributed by atoms with E-state index in [2.05, 4.69) is 6.08 Å². The van der Waals surface area contributed by atoms with Gasteiger partial charge >= 0.3 is 11.9 Å². The summed E-state index contributed by atoms with van der Waals surface area (Å²) in [5.74, 6) is -0.941. The molecular weight excluding hydrogens is 360 g/mol. The fraction of sp³-hybridized carbons (Fsp3) is 0.636. The van der Waals surface area contributed by atoms with Crippen LogP contribution in [0.4, 0.5) is 0 Å². The Morgan fingerprint density at radius 3 is 2.61 bits per heavy atom. The van der Waals surface area contributed by atoms with Crippen LogP contribution >= 0.6 is 0 Å². The number of carbonyl (C=O) groups excluding carboxylic acids is 2. The summed E-state index contributed by atoms with van der Waals surface area (Å²) in [6.45, 7) is 9.03. The Bertz CT molecular complexity index is 776. The van der Waals surface area contributed by atoms with Crippen molar-refractivity contribution < 1.29 is 29.3 Å². The zero-order chi connectivity index (χ0) is 20.9. The molecule has 1 aliphatic heterocycles. The number of ether oxygens (including phenoxy) is 2. The lowest BCUT2D eigenvalue weighted by molar-refractivity contribution is -0.258. The Hall–Kier alpha value is -1.92. The molecule has 0 aromatic rings. The van der Waals surface area contributed by atoms with Crippen molar-refractivity contribution in [3.63, 3.8) is 0 Å². The maximum Gasteiger partial charge on any atom is 0.331 e. The molecule has 6 atom stereocenters. The van der Waals surface area contributed by atoms with Crippen molar-refractivity contribution >= 4 is 11.9 Å². The number of esters is 2. The van der Waals surface area contributed by atoms with Crippen LogP contribution in [0.1, 0.15) is 47.5 Å². The molecule has 3 rings (SSSR count). The molecule has 0 radical (unpaired) electrons. The quantitative estimate of drug-likeness (QED) is 0.568. The van der Waals surface area contributed by atoms with Gasteiger partial charge in [0.25, 0.3) is 0 Å². The molecule has 6 heteroatoms. The Morgan fingerprint density at radius 2 is 2.04 bits per heavy atom. The van der Waals surface area contributed by atoms with Gasteiger partial charge in [-0.3, -0.25) is 4.79 Å². The smallest absolute Gasteiger partial charge is 0.331 e. The predicted molar refractivity (Wildman–Crippen MR) is 103 cm³/mol. The second-order valence-electron chi connectivity index (χ2n) is 8.87. The monoisotopic (exact) mass is 390 g/mol. The van der Waals surface area contributed by atoms with Crippen molar-refractivity contribution in [2.75, 3.05) is 6.61 Å². The van der Waals surface area contributed by atoms with Gasteiger partial charge < -0.3 is 19.7 Å². The molecule has 0 spiro atoms. The summed E-state index contributed by atoms with van der Waals surface area (Å²) in [6, 6.07) is 0. The summed E-state index contributed by atoms with van der Waals surface area (Å²) < 4.78 is 10.5. The molecule has 1 heterocycles. The maximum absolute atomic E-state index is 11.8. The third-order valence-electron chi connectivity index (χ3n) is 7.37. The normalized spacial score (nSPS) is 43.2. The first kappa shape index (κ1) is 20.8. The van der Waals surface area contributed by atoms with Crippen LogP contribution in [0, 0.1) is 16.7 Å². The number of fused-ring (bicyclic) bond motifs is 1. The number of carbonyl (C=O) groups is 2. The molecule has 2 N–H and O–H groups in total. The van der Waals surface area contributed by atoms with E-state index in [4.69, 9.17) is 9.47 Å². The number of hydrogen-bond acceptors (Lipinski definition) is 6. The zero-order valence-corrected chi connectivity index (χ0v) is 17.2. The van der Waals surface area contributed by atoms with Crippen LogP contribution in [0.25, 0.3) is 0 Å². The molecule has 1 saturated carbocycles. The fourth-order valence-electron chi connectivity index (χ4n) is 5.32. The van der Waals surface area contributed by atoms with E-state index in [1.807, 2.05) is 26.8 Å². The highest BCUT2D eigenvalue weighted by atomic mass is 16.6. The van der Waals surface area contributed by atoms with Gasteiger partial charge in [-0.2, -0.15) is 0 Å². The van der Waals surface area contributed by atoms with E-state index < -0.39 is 34.6 Å². The van der Waals surface area contributed by atoms with Gasteiger partial charge in [0, 0.05) is 23.8 Å². The van der Waals surface area contributed by atoms with Gasteiger partial charge in [-0.25, -0.2) is 4.79 Å². The fourth-order valence-corrected chi connectivity index (χ4v) is 5.32. The number of hydrogen-bond donors (Lipinski definition) is 2. The van der Waals surface area contributed by atoms with Gasteiger partial charge in [0.2, 0.25) is 0 Å². The van der Waals surface area contributed by atoms with Gasteiger partial charge in [0.1, 0.15) is 24.4 Å². The first-order chi connectivity index (χ1) is 12.9. The third-order valence-corrected chi connectivity index (χ3v) is 7.37. The lowest BCUT2D eigenvalue weighted by atomic mass is 9.44. The van der Waals surface area contributed by atoms with Crippen LogP contribution in [0.15, 0.2) is 35.5 Å². The molecule has 6 nitrogen and oxygen atoms in total. The highest BCUT2D eigenvalue weighted by Crippen LogP contribution is 2.63. The summed E-state index contributed by atoms with van der Waals surface area (Å²) in [5.41, 5.74) is -1.22. The number of aliphatic hydroxyl groups is 2. The number of aliphatic hydroxyl groups excluding tert-OH is 1. The van der Waals surface area contributed by atoms with Crippen LogP contribution in [0.3, 0.4) is 0 Å². The molecule has 2 aliphatic carbocycles. The van der Waals surface area contributed by atoms with Gasteiger partial charge in [-0.05, 0) is 38.2 Å². The summed E-state index contributed by atoms with van der Waals surface area (Å²) in [7, 11) is 0. The third kappa shape index (κ3) is 2.94. The molecule has 154 valence electrons. The first-order valence-corrected chi connectivity index (χ1v) is 9.76. The predicted octanol–water partition coefficient (Wildman–Crippen LogP) is 2.45. The summed E-state index contributed by atoms with van der Waals surface area (Å²) in [6.07, 6.45) is 6.74. The molecular formula is C22H30O6. The van der Waals surface area contributed by atoms with Crippen molar-refractivity contribution in [1.82, 2.24) is 0 Å². The highest BCUT2D eigenvalue weighted by Gasteiger charge is 2.67. The topological polar surface area (TPSA) is 93.1 Å². The van der Waals surface area contributed by atoms with Gasteiger partial charge in [0.15, 0.2) is 0 Å². The summed E-state index contributed by atoms with van der Waals surface area (Å²) in [5, 5.41) is 22.6. The SMILES string of the molecule is CC(=O)O[C@H]1[C@H](O)[C@](C)(O)[C@](C)(/C=C/C2=CC(=O)OC2)[C@H]2CCC=C(C)[C@]12C. The van der Waals surface area contributed by atoms with Crippen molar-refractivity contribution in [2.45, 2.75) is 65.3 Å². The van der Waals surface area contributed by atoms with Crippen molar-refractivity contribution in [2.24, 2.45) is 16.7 Å². The molecule has 0 amide bonds. The first-order valence-electron chi connectivity index (χ1n) is 9.76. The standard InChI is InChI=1S/C22H30O6/c1-13-7-6-8-16-20(3,10-9-15-11-17(24)27-12-15)22(5,26)18(25)19(21(13,16)4)28-14(2)23/h7,9-11,16,18-19,25-26H,6,8,12H2,1-5H3/b10-9+/t16-,18+,19+,20-,21+,22+/m1/s1. The number of cyclic esters (lactones) is 1. The van der Waals surface area contributed by atoms with Gasteiger partial charge in [-0.1, -0.05) is 37.6 Å². The molecule has 0 aromatic heterocycles. The van der Waals surface area contributed by atoms with E-state index in [9.17, 15) is 19.8 Å². The molecule has 28 heavy (non-hydrogen) atoms. The molecule has 1 fully saturated rings. The number of rotatable bonds is 3. The van der Waals surface area contributed by atoms with E-state index >= 15 is 0 Å². The van der Waals surface area contributed by atoms with Crippen molar-refractivity contribution in [1.29, 1.82) is 0 Å². The Balaban J connectivity index is 2.11. The van der Waals surface area contributed by atoms with E-state index in [-0.39, 0.29) is 18.5 Å². The number of allylic oxidation sites excluding steroid dienone is 1. The van der Waals surface area contributed by atoms with Crippen LogP contribution in [0.5, 0.6) is 0 Å². The zero-order valence-electron chi connectivity index (χ0n) is 17.2. The minimum absolute atomic E-state index is 0.0809. The Labute approximate surface area is 165 Å². The molecule has 0 saturated heterocycles. The van der Waals surface area contributed by atoms with E-state index in [0.717, 1.165) is 24.0 Å². The van der Waals surface area contributed by atoms with Gasteiger partial charge in [0.05, 0.1) is 0 Å². The maximum atomic E-state index is 11.8. The molecule has 0 aromatic carbocycles. The van der Waals surface area contributed by atoms with E-state index in [0.29, 0.717) is 0 Å². The average Bonchev–Trinajstić information content (AvgIpc) is 3.03. The van der Waals surface area contributed by atoms with E-state index in [1.54, 1.807) is 13.0 Å². The second kappa shape index (κ2) is 6.85. The van der Waals surface area contributed by atoms with E-state index in [1.165, 1.54) is 13.0 Å². The van der Waals surface area contributed by atoms with Crippen LogP contribution in [-0.4, -0.2) is 46.6 Å². The molecule has 0 bridgehead atoms. The lowest BCUT2D eigenvalue weighted by Crippen LogP contribution is -2.71. The Morgan fingerprint density at radius 1 is 1.36 bits per heavy atom. The largest absolute Gasteiger partial charge is 0.459 e. The van der Waals surface area contributed by atoms with Crippen molar-refractivity contribution in [3.05, 3.63) is 35.5 Å². The van der Waals surface area contributed by atoms with Crippen molar-refractivity contribution in [3.8, 4) is 0 Å². The van der Waals surface area contributed by atoms with Crippen LogP contribution < -0.4 is 0 Å². The van der Waals surface area contributed by atoms with Crippen LogP contribution in [-0.2, 0) is 19.1 Å². The lowest BCUT2D eigenvalue weighted by Gasteiger charge is -2.64. The summed E-state index contributed by atoms with van der Waals surface area (Å²) >= 11 is 0. The van der Waals surface area contributed by atoms with Crippen LogP contribution in [0.2, 0.25) is 0 Å². The minimum Gasteiger partial charge on any atom is -0.459 e. The van der Waals surface area contributed by atoms with Gasteiger partial charge in [-0.15, -0.1) is 0 Å². The average molecular weight is 390 g/mol. The highest BCUT2D eigenvalue weighted by molar-refractivity contribution is 5.86.